The number of anilines is 2. The van der Waals surface area contributed by atoms with Gasteiger partial charge in [0.15, 0.2) is 11.5 Å². The van der Waals surface area contributed by atoms with Crippen molar-refractivity contribution in [1.29, 1.82) is 0 Å². The lowest BCUT2D eigenvalue weighted by Gasteiger charge is -2.44. The highest BCUT2D eigenvalue weighted by atomic mass is 127. The molecule has 1 saturated carbocycles. The van der Waals surface area contributed by atoms with Crippen molar-refractivity contribution in [3.05, 3.63) is 93.6 Å². The molecule has 7 rings (SSSR count). The molecule has 8 nitrogen and oxygen atoms in total. The minimum absolute atomic E-state index is 0.00162. The third-order valence-corrected chi connectivity index (χ3v) is 10.1. The Labute approximate surface area is 256 Å². The SMILES string of the molecule is COc1cc([C@H]2C3=CC[C@@H]4C(=O)N(c5ccccc5)C(=O)[C@@H]4[C@@H]3C[C@H]3C(=O)N(c4ccccc4)C(=O)[C@@H]23)cc(I)c1O. The van der Waals surface area contributed by atoms with Gasteiger partial charge in [-0.15, -0.1) is 0 Å². The number of para-hydroxylation sites is 2. The number of imide groups is 2. The fourth-order valence-corrected chi connectivity index (χ4v) is 8.18. The van der Waals surface area contributed by atoms with Crippen molar-refractivity contribution < 1.29 is 29.0 Å². The summed E-state index contributed by atoms with van der Waals surface area (Å²) >= 11 is 2.03. The van der Waals surface area contributed by atoms with E-state index in [0.717, 1.165) is 11.1 Å². The molecule has 6 atom stereocenters. The number of methoxy groups -OCH3 is 1. The maximum absolute atomic E-state index is 14.2. The molecule has 4 amide bonds. The minimum Gasteiger partial charge on any atom is -0.504 e. The predicted octanol–water partition coefficient (Wildman–Crippen LogP) is 5.05. The summed E-state index contributed by atoms with van der Waals surface area (Å²) in [6, 6.07) is 21.4. The van der Waals surface area contributed by atoms with Gasteiger partial charge in [0.25, 0.3) is 0 Å². The molecule has 2 aliphatic heterocycles. The maximum Gasteiger partial charge on any atom is 0.238 e. The number of hydrogen-bond donors (Lipinski definition) is 1. The average molecular weight is 674 g/mol. The molecule has 42 heavy (non-hydrogen) atoms. The summed E-state index contributed by atoms with van der Waals surface area (Å²) in [5, 5.41) is 10.6. The Bertz CT molecular complexity index is 1670. The molecule has 3 aromatic rings. The van der Waals surface area contributed by atoms with E-state index in [-0.39, 0.29) is 35.1 Å². The standard InChI is InChI=1S/C33H27IN2O6/c1-42-25-15-17(14-24(34)29(25)37)26-20-12-13-21-27(32(40)35(30(21)38)18-8-4-2-5-9-18)22(20)16-23-28(26)33(41)36(31(23)39)19-10-6-3-7-11-19/h2-12,14-15,21-23,26-28,37H,13,16H2,1H3/t21-,22+,23+,26-,27-,28+/m0/s1. The topological polar surface area (TPSA) is 104 Å². The number of benzene rings is 3. The number of carbonyl (C=O) groups excluding carboxylic acids is 4. The minimum atomic E-state index is -0.695. The van der Waals surface area contributed by atoms with E-state index in [1.54, 1.807) is 54.6 Å². The van der Waals surface area contributed by atoms with Crippen LogP contribution in [0.5, 0.6) is 11.5 Å². The average Bonchev–Trinajstić information content (AvgIpc) is 3.41. The molecule has 2 heterocycles. The highest BCUT2D eigenvalue weighted by Gasteiger charge is 2.62. The fraction of sp³-hybridized carbons (Fsp3) is 0.273. The zero-order valence-electron chi connectivity index (χ0n) is 22.6. The number of carbonyl (C=O) groups is 4. The summed E-state index contributed by atoms with van der Waals surface area (Å²) in [5.41, 5.74) is 2.67. The van der Waals surface area contributed by atoms with Crippen molar-refractivity contribution in [3.8, 4) is 11.5 Å². The van der Waals surface area contributed by atoms with Crippen LogP contribution >= 0.6 is 22.6 Å². The van der Waals surface area contributed by atoms with Crippen LogP contribution in [-0.4, -0.2) is 35.8 Å². The number of halogens is 1. The van der Waals surface area contributed by atoms with Crippen LogP contribution in [0.1, 0.15) is 24.3 Å². The molecule has 3 aromatic carbocycles. The molecule has 3 fully saturated rings. The molecule has 0 spiro atoms. The molecule has 4 aliphatic rings. The van der Waals surface area contributed by atoms with E-state index in [2.05, 4.69) is 0 Å². The first kappa shape index (κ1) is 26.9. The van der Waals surface area contributed by atoms with Crippen LogP contribution in [0.25, 0.3) is 0 Å². The second-order valence-electron chi connectivity index (χ2n) is 11.3. The second-order valence-corrected chi connectivity index (χ2v) is 12.4. The van der Waals surface area contributed by atoms with Gasteiger partial charge in [0, 0.05) is 5.92 Å². The largest absolute Gasteiger partial charge is 0.504 e. The third kappa shape index (κ3) is 3.85. The molecular formula is C33H27IN2O6. The van der Waals surface area contributed by atoms with E-state index < -0.39 is 35.5 Å². The number of phenols is 1. The molecule has 2 aliphatic carbocycles. The Morgan fingerprint density at radius 2 is 1.33 bits per heavy atom. The quantitative estimate of drug-likeness (QED) is 0.236. The number of rotatable bonds is 4. The molecule has 2 saturated heterocycles. The van der Waals surface area contributed by atoms with Crippen molar-refractivity contribution >= 4 is 57.6 Å². The molecule has 0 radical (unpaired) electrons. The van der Waals surface area contributed by atoms with Gasteiger partial charge >= 0.3 is 0 Å². The number of phenolic OH excluding ortho intramolecular Hbond substituents is 1. The molecule has 0 unspecified atom stereocenters. The molecule has 212 valence electrons. The van der Waals surface area contributed by atoms with E-state index in [1.165, 1.54) is 16.9 Å². The Morgan fingerprint density at radius 3 is 1.93 bits per heavy atom. The molecule has 0 bridgehead atoms. The van der Waals surface area contributed by atoms with Gasteiger partial charge in [-0.05, 0) is 83.3 Å². The van der Waals surface area contributed by atoms with E-state index in [0.29, 0.717) is 27.8 Å². The lowest BCUT2D eigenvalue weighted by Crippen LogP contribution is -2.43. The molecular weight excluding hydrogens is 647 g/mol. The van der Waals surface area contributed by atoms with Crippen LogP contribution in [0.2, 0.25) is 0 Å². The van der Waals surface area contributed by atoms with Gasteiger partial charge in [0.1, 0.15) is 0 Å². The van der Waals surface area contributed by atoms with Crippen molar-refractivity contribution in [2.75, 3.05) is 16.9 Å². The Kier molecular flexibility index (Phi) is 6.45. The second kappa shape index (κ2) is 10.1. The Morgan fingerprint density at radius 1 is 0.762 bits per heavy atom. The first-order valence-corrected chi connectivity index (χ1v) is 15.0. The van der Waals surface area contributed by atoms with Crippen LogP contribution in [0.15, 0.2) is 84.4 Å². The highest BCUT2D eigenvalue weighted by Crippen LogP contribution is 2.59. The summed E-state index contributed by atoms with van der Waals surface area (Å²) in [6.45, 7) is 0. The summed E-state index contributed by atoms with van der Waals surface area (Å²) in [4.78, 5) is 58.4. The normalized spacial score (nSPS) is 28.4. The van der Waals surface area contributed by atoms with Gasteiger partial charge < -0.3 is 9.84 Å². The maximum atomic E-state index is 14.2. The van der Waals surface area contributed by atoms with Gasteiger partial charge in [-0.2, -0.15) is 0 Å². The first-order chi connectivity index (χ1) is 20.3. The van der Waals surface area contributed by atoms with Gasteiger partial charge in [-0.1, -0.05) is 48.0 Å². The smallest absolute Gasteiger partial charge is 0.238 e. The number of aromatic hydroxyl groups is 1. The van der Waals surface area contributed by atoms with Crippen LogP contribution < -0.4 is 14.5 Å². The zero-order chi connectivity index (χ0) is 29.3. The van der Waals surface area contributed by atoms with E-state index in [9.17, 15) is 24.3 Å². The van der Waals surface area contributed by atoms with Crippen molar-refractivity contribution in [1.82, 2.24) is 0 Å². The fourth-order valence-electron chi connectivity index (χ4n) is 7.56. The number of allylic oxidation sites excluding steroid dienone is 2. The summed E-state index contributed by atoms with van der Waals surface area (Å²) in [6.07, 6.45) is 2.69. The van der Waals surface area contributed by atoms with Crippen LogP contribution in [0.3, 0.4) is 0 Å². The molecule has 9 heteroatoms. The summed E-state index contributed by atoms with van der Waals surface area (Å²) in [7, 11) is 1.47. The lowest BCUT2D eigenvalue weighted by molar-refractivity contribution is -0.126. The van der Waals surface area contributed by atoms with Gasteiger partial charge in [0.05, 0.1) is 45.7 Å². The van der Waals surface area contributed by atoms with Crippen molar-refractivity contribution in [3.63, 3.8) is 0 Å². The predicted molar refractivity (Wildman–Crippen MR) is 163 cm³/mol. The monoisotopic (exact) mass is 674 g/mol. The van der Waals surface area contributed by atoms with Crippen LogP contribution in [-0.2, 0) is 19.2 Å². The highest BCUT2D eigenvalue weighted by molar-refractivity contribution is 14.1. The van der Waals surface area contributed by atoms with Crippen molar-refractivity contribution in [2.45, 2.75) is 18.8 Å². The van der Waals surface area contributed by atoms with Gasteiger partial charge in [0.2, 0.25) is 23.6 Å². The lowest BCUT2D eigenvalue weighted by atomic mass is 9.57. The Balaban J connectivity index is 1.37. The van der Waals surface area contributed by atoms with Gasteiger partial charge in [-0.25, -0.2) is 0 Å². The van der Waals surface area contributed by atoms with E-state index in [1.807, 2.05) is 46.9 Å². The molecule has 1 N–H and O–H groups in total. The van der Waals surface area contributed by atoms with E-state index >= 15 is 0 Å². The van der Waals surface area contributed by atoms with Gasteiger partial charge in [-0.3, -0.25) is 29.0 Å². The number of amides is 4. The third-order valence-electron chi connectivity index (χ3n) is 9.31. The van der Waals surface area contributed by atoms with E-state index in [4.69, 9.17) is 4.74 Å². The molecule has 0 aromatic heterocycles. The summed E-state index contributed by atoms with van der Waals surface area (Å²) in [5.74, 6) is -4.27. The first-order valence-electron chi connectivity index (χ1n) is 13.9. The Hall–Kier alpha value is -3.99. The van der Waals surface area contributed by atoms with Crippen LogP contribution in [0, 0.1) is 33.2 Å². The number of fused-ring (bicyclic) bond motifs is 4. The van der Waals surface area contributed by atoms with Crippen LogP contribution in [0.4, 0.5) is 11.4 Å². The number of hydrogen-bond acceptors (Lipinski definition) is 6. The number of nitrogens with zero attached hydrogens (tertiary/aromatic N) is 2. The number of ether oxygens (including phenoxy) is 1. The zero-order valence-corrected chi connectivity index (χ0v) is 24.8. The summed E-state index contributed by atoms with van der Waals surface area (Å²) < 4.78 is 6.01. The van der Waals surface area contributed by atoms with Crippen molar-refractivity contribution in [2.24, 2.45) is 29.6 Å².